The Bertz CT molecular complexity index is 203. The normalized spacial score (nSPS) is 24.9. The maximum absolute atomic E-state index is 5.69. The highest BCUT2D eigenvalue weighted by Gasteiger charge is 2.22. The van der Waals surface area contributed by atoms with Crippen LogP contribution < -0.4 is 5.32 Å². The van der Waals surface area contributed by atoms with Crippen LogP contribution in [0.15, 0.2) is 0 Å². The van der Waals surface area contributed by atoms with Crippen molar-refractivity contribution in [2.24, 2.45) is 0 Å². The lowest BCUT2D eigenvalue weighted by molar-refractivity contribution is 0.0176. The molecule has 1 N–H and O–H groups in total. The van der Waals surface area contributed by atoms with Gasteiger partial charge >= 0.3 is 0 Å². The van der Waals surface area contributed by atoms with E-state index in [1.54, 1.807) is 0 Å². The molecule has 96 valence electrons. The number of likely N-dealkylation sites (N-methyl/N-ethyl adjacent to an activating group) is 2. The zero-order chi connectivity index (χ0) is 12.2. The van der Waals surface area contributed by atoms with E-state index < -0.39 is 0 Å². The van der Waals surface area contributed by atoms with Gasteiger partial charge in [-0.05, 0) is 34.9 Å². The molecule has 1 unspecified atom stereocenters. The number of hydrogen-bond donors (Lipinski definition) is 1. The van der Waals surface area contributed by atoms with Gasteiger partial charge in [-0.25, -0.2) is 0 Å². The molecule has 0 amide bonds. The Morgan fingerprint density at radius 2 is 1.94 bits per heavy atom. The molecule has 0 aliphatic carbocycles. The average molecular weight is 229 g/mol. The van der Waals surface area contributed by atoms with Gasteiger partial charge in [0.25, 0.3) is 0 Å². The van der Waals surface area contributed by atoms with Crippen molar-refractivity contribution in [2.45, 2.75) is 32.4 Å². The lowest BCUT2D eigenvalue weighted by atomic mass is 10.1. The molecule has 0 aromatic carbocycles. The van der Waals surface area contributed by atoms with Crippen molar-refractivity contribution in [2.75, 3.05) is 47.1 Å². The highest BCUT2D eigenvalue weighted by Crippen LogP contribution is 2.06. The van der Waals surface area contributed by atoms with Gasteiger partial charge < -0.3 is 9.64 Å². The minimum atomic E-state index is 0.134. The van der Waals surface area contributed by atoms with Crippen molar-refractivity contribution in [3.8, 4) is 0 Å². The first kappa shape index (κ1) is 13.9. The maximum atomic E-state index is 5.69. The molecule has 1 rings (SSSR count). The summed E-state index contributed by atoms with van der Waals surface area (Å²) in [5.74, 6) is 0. The third-order valence-corrected chi connectivity index (χ3v) is 2.99. The first-order valence-corrected chi connectivity index (χ1v) is 6.10. The summed E-state index contributed by atoms with van der Waals surface area (Å²) in [6.45, 7) is 11.3. The highest BCUT2D eigenvalue weighted by molar-refractivity contribution is 4.78. The minimum absolute atomic E-state index is 0.134. The molecule has 1 fully saturated rings. The van der Waals surface area contributed by atoms with Crippen LogP contribution in [0.5, 0.6) is 0 Å². The van der Waals surface area contributed by atoms with E-state index in [-0.39, 0.29) is 5.54 Å². The molecule has 0 aromatic rings. The van der Waals surface area contributed by atoms with Crippen LogP contribution in [0.25, 0.3) is 0 Å². The van der Waals surface area contributed by atoms with Crippen molar-refractivity contribution < 1.29 is 4.74 Å². The number of piperazine rings is 1. The van der Waals surface area contributed by atoms with Gasteiger partial charge in [0.2, 0.25) is 0 Å². The molecule has 1 aliphatic heterocycles. The second-order valence-corrected chi connectivity index (χ2v) is 5.84. The highest BCUT2D eigenvalue weighted by atomic mass is 16.5. The quantitative estimate of drug-likeness (QED) is 0.564. The Labute approximate surface area is 99.9 Å². The van der Waals surface area contributed by atoms with Gasteiger partial charge in [0.05, 0.1) is 13.3 Å². The van der Waals surface area contributed by atoms with Gasteiger partial charge in [0.15, 0.2) is 0 Å². The monoisotopic (exact) mass is 229 g/mol. The maximum Gasteiger partial charge on any atom is 0.0970 e. The van der Waals surface area contributed by atoms with Gasteiger partial charge in [-0.3, -0.25) is 10.2 Å². The molecule has 0 aromatic heterocycles. The Morgan fingerprint density at radius 3 is 2.56 bits per heavy atom. The molecular weight excluding hydrogens is 202 g/mol. The summed E-state index contributed by atoms with van der Waals surface area (Å²) in [5.41, 5.74) is 0.134. The molecule has 1 saturated heterocycles. The molecule has 0 spiro atoms. The summed E-state index contributed by atoms with van der Waals surface area (Å²) < 4.78 is 5.69. The van der Waals surface area contributed by atoms with Crippen molar-refractivity contribution in [1.29, 1.82) is 0 Å². The van der Waals surface area contributed by atoms with Gasteiger partial charge in [-0.1, -0.05) is 0 Å². The molecule has 4 heteroatoms. The molecular formula is C12H27N3O. The van der Waals surface area contributed by atoms with Crippen LogP contribution in [0, 0.1) is 0 Å². The fourth-order valence-electron chi connectivity index (χ4n) is 1.74. The third-order valence-electron chi connectivity index (χ3n) is 2.99. The Balaban J connectivity index is 2.16. The van der Waals surface area contributed by atoms with Crippen LogP contribution in [0.3, 0.4) is 0 Å². The van der Waals surface area contributed by atoms with E-state index in [2.05, 4.69) is 50.0 Å². The van der Waals surface area contributed by atoms with E-state index in [9.17, 15) is 0 Å². The van der Waals surface area contributed by atoms with Gasteiger partial charge in [0.1, 0.15) is 0 Å². The SMILES string of the molecule is CN1CCN(C)C(COCNC(C)(C)C)C1. The Hall–Kier alpha value is -0.160. The first-order chi connectivity index (χ1) is 7.38. The standard InChI is InChI=1S/C12H27N3O/c1-12(2,3)13-10-16-9-11-8-14(4)6-7-15(11)5/h11,13H,6-10H2,1-5H3. The third kappa shape index (κ3) is 5.25. The van der Waals surface area contributed by atoms with Crippen LogP contribution >= 0.6 is 0 Å². The second-order valence-electron chi connectivity index (χ2n) is 5.84. The van der Waals surface area contributed by atoms with E-state index in [1.165, 1.54) is 0 Å². The largest absolute Gasteiger partial charge is 0.365 e. The lowest BCUT2D eigenvalue weighted by Crippen LogP contribution is -2.52. The smallest absolute Gasteiger partial charge is 0.0970 e. The number of ether oxygens (including phenoxy) is 1. The topological polar surface area (TPSA) is 27.7 Å². The second kappa shape index (κ2) is 5.96. The fourth-order valence-corrected chi connectivity index (χ4v) is 1.74. The molecule has 1 atom stereocenters. The van der Waals surface area contributed by atoms with Crippen LogP contribution in [-0.4, -0.2) is 68.4 Å². The van der Waals surface area contributed by atoms with Crippen molar-refractivity contribution in [1.82, 2.24) is 15.1 Å². The lowest BCUT2D eigenvalue weighted by Gasteiger charge is -2.37. The van der Waals surface area contributed by atoms with Gasteiger partial charge in [-0.2, -0.15) is 0 Å². The fraction of sp³-hybridized carbons (Fsp3) is 1.00. The van der Waals surface area contributed by atoms with E-state index in [4.69, 9.17) is 4.74 Å². The number of nitrogens with zero attached hydrogens (tertiary/aromatic N) is 2. The number of hydrogen-bond acceptors (Lipinski definition) is 4. The molecule has 0 radical (unpaired) electrons. The van der Waals surface area contributed by atoms with Gasteiger partial charge in [-0.15, -0.1) is 0 Å². The number of nitrogens with one attached hydrogen (secondary N) is 1. The molecule has 1 heterocycles. The molecule has 16 heavy (non-hydrogen) atoms. The summed E-state index contributed by atoms with van der Waals surface area (Å²) in [6, 6.07) is 0.528. The van der Waals surface area contributed by atoms with Crippen LogP contribution in [0.1, 0.15) is 20.8 Å². The predicted octanol–water partition coefficient (Wildman–Crippen LogP) is 0.594. The van der Waals surface area contributed by atoms with Gasteiger partial charge in [0, 0.05) is 31.2 Å². The van der Waals surface area contributed by atoms with E-state index in [1.807, 2.05) is 0 Å². The molecule has 1 aliphatic rings. The predicted molar refractivity (Wildman–Crippen MR) is 67.6 cm³/mol. The van der Waals surface area contributed by atoms with E-state index in [0.29, 0.717) is 12.8 Å². The van der Waals surface area contributed by atoms with Crippen LogP contribution in [-0.2, 0) is 4.74 Å². The van der Waals surface area contributed by atoms with Crippen molar-refractivity contribution in [3.63, 3.8) is 0 Å². The van der Waals surface area contributed by atoms with Crippen LogP contribution in [0.4, 0.5) is 0 Å². The summed E-state index contributed by atoms with van der Waals surface area (Å²) >= 11 is 0. The number of rotatable bonds is 4. The van der Waals surface area contributed by atoms with E-state index >= 15 is 0 Å². The summed E-state index contributed by atoms with van der Waals surface area (Å²) in [5, 5.41) is 3.33. The van der Waals surface area contributed by atoms with Crippen molar-refractivity contribution in [3.05, 3.63) is 0 Å². The first-order valence-electron chi connectivity index (χ1n) is 6.10. The zero-order valence-electron chi connectivity index (χ0n) is 11.4. The minimum Gasteiger partial charge on any atom is -0.365 e. The molecule has 0 bridgehead atoms. The molecule has 0 saturated carbocycles. The summed E-state index contributed by atoms with van der Waals surface area (Å²) in [4.78, 5) is 4.75. The zero-order valence-corrected chi connectivity index (χ0v) is 11.4. The van der Waals surface area contributed by atoms with Crippen molar-refractivity contribution >= 4 is 0 Å². The van der Waals surface area contributed by atoms with E-state index in [0.717, 1.165) is 26.2 Å². The molecule has 4 nitrogen and oxygen atoms in total. The Kier molecular flexibility index (Phi) is 5.18. The summed E-state index contributed by atoms with van der Waals surface area (Å²) in [7, 11) is 4.35. The summed E-state index contributed by atoms with van der Waals surface area (Å²) in [6.07, 6.45) is 0. The van der Waals surface area contributed by atoms with Crippen LogP contribution in [0.2, 0.25) is 0 Å². The Morgan fingerprint density at radius 1 is 1.25 bits per heavy atom. The average Bonchev–Trinajstić information content (AvgIpc) is 2.16.